The summed E-state index contributed by atoms with van der Waals surface area (Å²) in [5, 5.41) is 11.0. The quantitative estimate of drug-likeness (QED) is 0.304. The van der Waals surface area contributed by atoms with Crippen LogP contribution in [0.25, 0.3) is 0 Å². The Morgan fingerprint density at radius 2 is 1.09 bits per heavy atom. The molecule has 0 spiro atoms. The summed E-state index contributed by atoms with van der Waals surface area (Å²) in [4.78, 5) is 12.8. The van der Waals surface area contributed by atoms with Crippen molar-refractivity contribution in [3.63, 3.8) is 0 Å². The summed E-state index contributed by atoms with van der Waals surface area (Å²) >= 11 is 0. The van der Waals surface area contributed by atoms with Gasteiger partial charge in [-0.05, 0) is 48.5 Å². The van der Waals surface area contributed by atoms with Crippen molar-refractivity contribution in [3.05, 3.63) is 95.1 Å². The topological polar surface area (TPSA) is 151 Å². The molecule has 0 saturated carbocycles. The first-order valence-corrected chi connectivity index (χ1v) is 9.87. The number of rotatable bonds is 6. The first kappa shape index (κ1) is 22.2. The Bertz CT molecular complexity index is 1170. The third-order valence-electron chi connectivity index (χ3n) is 4.80. The fourth-order valence-electron chi connectivity index (χ4n) is 2.93. The largest absolute Gasteiger partial charge is 0.384 e. The molecule has 0 fully saturated rings. The number of hydrogen-bond acceptors (Lipinski definition) is 4. The van der Waals surface area contributed by atoms with Gasteiger partial charge in [0.1, 0.15) is 23.3 Å². The van der Waals surface area contributed by atoms with Crippen LogP contribution < -0.4 is 22.5 Å². The van der Waals surface area contributed by atoms with E-state index in [0.29, 0.717) is 23.1 Å². The molecule has 8 N–H and O–H groups in total. The van der Waals surface area contributed by atoms with Crippen molar-refractivity contribution in [1.82, 2.24) is 0 Å². The van der Waals surface area contributed by atoms with Crippen molar-refractivity contribution in [2.75, 3.05) is 19.4 Å². The van der Waals surface area contributed by atoms with Crippen molar-refractivity contribution in [2.24, 2.45) is 32.2 Å². The van der Waals surface area contributed by atoms with Gasteiger partial charge >= 0.3 is 0 Å². The van der Waals surface area contributed by atoms with Gasteiger partial charge in [0.05, 0.1) is 5.69 Å². The van der Waals surface area contributed by atoms with E-state index in [9.17, 15) is 0 Å². The van der Waals surface area contributed by atoms with Crippen LogP contribution in [-0.4, -0.2) is 37.4 Å². The molecule has 0 aliphatic rings. The number of nitrogens with two attached hydrogens (primary N) is 3. The third kappa shape index (κ3) is 5.37. The maximum Gasteiger partial charge on any atom is 0.138 e. The van der Waals surface area contributed by atoms with Gasteiger partial charge in [-0.15, -0.1) is 0 Å². The first-order chi connectivity index (χ1) is 15.4. The fraction of sp³-hybridized carbons (Fsp3) is 0.0833. The molecule has 8 heteroatoms. The molecule has 3 rings (SSSR count). The van der Waals surface area contributed by atoms with Crippen LogP contribution in [0, 0.1) is 5.41 Å². The van der Waals surface area contributed by atoms with Gasteiger partial charge in [-0.1, -0.05) is 24.3 Å². The number of aliphatic imine (C=N–C) groups is 3. The molecule has 0 bridgehead atoms. The molecule has 0 amide bonds. The highest BCUT2D eigenvalue weighted by Gasteiger charge is 2.08. The lowest BCUT2D eigenvalue weighted by molar-refractivity contribution is 1.38. The van der Waals surface area contributed by atoms with Crippen molar-refractivity contribution < 1.29 is 0 Å². The van der Waals surface area contributed by atoms with E-state index in [1.165, 1.54) is 0 Å². The summed E-state index contributed by atoms with van der Waals surface area (Å²) in [6.45, 7) is 0. The second kappa shape index (κ2) is 10.0. The Morgan fingerprint density at radius 3 is 1.56 bits per heavy atom. The smallest absolute Gasteiger partial charge is 0.138 e. The van der Waals surface area contributed by atoms with Gasteiger partial charge < -0.3 is 22.5 Å². The second-order valence-electron chi connectivity index (χ2n) is 6.92. The van der Waals surface area contributed by atoms with E-state index in [-0.39, 0.29) is 5.84 Å². The minimum Gasteiger partial charge on any atom is -0.384 e. The monoisotopic (exact) mass is 426 g/mol. The van der Waals surface area contributed by atoms with E-state index in [2.05, 4.69) is 15.3 Å². The maximum absolute atomic E-state index is 7.61. The summed E-state index contributed by atoms with van der Waals surface area (Å²) in [7, 11) is 3.31. The maximum atomic E-state index is 7.61. The number of hydrogen-bond donors (Lipinski definition) is 5. The van der Waals surface area contributed by atoms with Crippen molar-refractivity contribution in [3.8, 4) is 0 Å². The fourth-order valence-corrected chi connectivity index (χ4v) is 2.93. The first-order valence-electron chi connectivity index (χ1n) is 9.87. The highest BCUT2D eigenvalue weighted by atomic mass is 15.0. The highest BCUT2D eigenvalue weighted by molar-refractivity contribution is 6.10. The molecule has 0 radical (unpaired) electrons. The second-order valence-corrected chi connectivity index (χ2v) is 6.92. The summed E-state index contributed by atoms with van der Waals surface area (Å²) < 4.78 is 0. The number of benzene rings is 3. The lowest BCUT2D eigenvalue weighted by Gasteiger charge is -2.12. The van der Waals surface area contributed by atoms with Crippen molar-refractivity contribution >= 4 is 34.7 Å². The molecule has 0 heterocycles. The molecule has 0 aliphatic heterocycles. The van der Waals surface area contributed by atoms with E-state index in [4.69, 9.17) is 27.6 Å². The van der Waals surface area contributed by atoms with Crippen LogP contribution in [0.5, 0.6) is 0 Å². The lowest BCUT2D eigenvalue weighted by Crippen LogP contribution is -2.16. The zero-order valence-corrected chi connectivity index (χ0v) is 18.0. The van der Waals surface area contributed by atoms with Crippen LogP contribution in [0.3, 0.4) is 0 Å². The summed E-state index contributed by atoms with van der Waals surface area (Å²) in [6, 6.07) is 22.4. The van der Waals surface area contributed by atoms with Gasteiger partial charge in [0, 0.05) is 42.0 Å². The van der Waals surface area contributed by atoms with Crippen molar-refractivity contribution in [1.29, 1.82) is 5.41 Å². The van der Waals surface area contributed by atoms with E-state index in [1.54, 1.807) is 26.2 Å². The predicted octanol–water partition coefficient (Wildman–Crippen LogP) is 2.83. The summed E-state index contributed by atoms with van der Waals surface area (Å²) in [5.74, 6) is 1.59. The molecule has 8 nitrogen and oxygen atoms in total. The van der Waals surface area contributed by atoms with Gasteiger partial charge in [0.25, 0.3) is 0 Å². The summed E-state index contributed by atoms with van der Waals surface area (Å²) in [6.07, 6.45) is 0. The predicted molar refractivity (Wildman–Crippen MR) is 133 cm³/mol. The van der Waals surface area contributed by atoms with Crippen LogP contribution in [0.2, 0.25) is 0 Å². The van der Waals surface area contributed by atoms with Gasteiger partial charge in [0.15, 0.2) is 0 Å². The minimum atomic E-state index is 0.0135. The summed E-state index contributed by atoms with van der Waals surface area (Å²) in [5.41, 5.74) is 22.1. The lowest BCUT2D eigenvalue weighted by atomic mass is 10.1. The molecule has 0 aromatic heterocycles. The number of amidine groups is 4. The standard InChI is InChI=1S/C24H26N8/c1-29-22(27)16-7-11-19(12-8-16)31-24(18-5-3-15(4-6-18)21(25)26)32-20-13-9-17(10-14-20)23(28)30-2/h3-14H,1-2H3,(H3,25,26)(H2,27,29)(H2,28,30)(H,31,32). The van der Waals surface area contributed by atoms with E-state index in [0.717, 1.165) is 28.1 Å². The molecule has 162 valence electrons. The van der Waals surface area contributed by atoms with Crippen molar-refractivity contribution in [2.45, 2.75) is 0 Å². The molecule has 0 unspecified atom stereocenters. The molecule has 3 aromatic carbocycles. The SMILES string of the molecule is CN=C(N)c1ccc(N=C(Nc2ccc(C(N)=NC)cc2)c2ccc(C(=N)N)cc2)cc1. The molecule has 0 saturated heterocycles. The van der Waals surface area contributed by atoms with Gasteiger partial charge in [-0.25, -0.2) is 4.99 Å². The Balaban J connectivity index is 1.97. The zero-order chi connectivity index (χ0) is 23.1. The molecule has 32 heavy (non-hydrogen) atoms. The van der Waals surface area contributed by atoms with Crippen LogP contribution in [0.4, 0.5) is 11.4 Å². The number of nitrogens with one attached hydrogen (secondary N) is 2. The minimum absolute atomic E-state index is 0.0135. The van der Waals surface area contributed by atoms with Crippen LogP contribution in [-0.2, 0) is 0 Å². The van der Waals surface area contributed by atoms with Crippen LogP contribution in [0.1, 0.15) is 22.3 Å². The van der Waals surface area contributed by atoms with Crippen LogP contribution >= 0.6 is 0 Å². The Labute approximate surface area is 187 Å². The third-order valence-corrected chi connectivity index (χ3v) is 4.80. The molecular formula is C24H26N8. The molecular weight excluding hydrogens is 400 g/mol. The molecule has 0 aliphatic carbocycles. The van der Waals surface area contributed by atoms with Gasteiger partial charge in [-0.3, -0.25) is 15.4 Å². The van der Waals surface area contributed by atoms with Gasteiger partial charge in [0.2, 0.25) is 0 Å². The Morgan fingerprint density at radius 1 is 0.656 bits per heavy atom. The number of nitrogens with zero attached hydrogens (tertiary/aromatic N) is 3. The average molecular weight is 427 g/mol. The number of anilines is 1. The van der Waals surface area contributed by atoms with Crippen LogP contribution in [0.15, 0.2) is 87.8 Å². The highest BCUT2D eigenvalue weighted by Crippen LogP contribution is 2.18. The molecule has 0 atom stereocenters. The Kier molecular flexibility index (Phi) is 6.97. The number of nitrogen functional groups attached to an aromatic ring is 1. The van der Waals surface area contributed by atoms with E-state index >= 15 is 0 Å². The van der Waals surface area contributed by atoms with Gasteiger partial charge in [-0.2, -0.15) is 0 Å². The average Bonchev–Trinajstić information content (AvgIpc) is 2.83. The zero-order valence-electron chi connectivity index (χ0n) is 18.0. The normalized spacial score (nSPS) is 12.5. The van der Waals surface area contributed by atoms with E-state index in [1.807, 2.05) is 60.7 Å². The van der Waals surface area contributed by atoms with E-state index < -0.39 is 0 Å². The Hall–Kier alpha value is -4.46. The molecule has 3 aromatic rings.